The zero-order valence-corrected chi connectivity index (χ0v) is 14.7. The Morgan fingerprint density at radius 2 is 1.89 bits per heavy atom. The van der Waals surface area contributed by atoms with Gasteiger partial charge in [0.25, 0.3) is 5.91 Å². The first kappa shape index (κ1) is 17.3. The van der Waals surface area contributed by atoms with Crippen LogP contribution in [0.5, 0.6) is 0 Å². The highest BCUT2D eigenvalue weighted by molar-refractivity contribution is 5.93. The molecule has 4 rings (SSSR count). The summed E-state index contributed by atoms with van der Waals surface area (Å²) in [5.74, 6) is 0.631. The summed E-state index contributed by atoms with van der Waals surface area (Å²) in [5, 5.41) is 2.99. The van der Waals surface area contributed by atoms with Gasteiger partial charge < -0.3 is 5.32 Å². The van der Waals surface area contributed by atoms with Crippen LogP contribution in [0.15, 0.2) is 67.3 Å². The van der Waals surface area contributed by atoms with E-state index in [1.54, 1.807) is 24.8 Å². The predicted molar refractivity (Wildman–Crippen MR) is 101 cm³/mol. The van der Waals surface area contributed by atoms with Crippen molar-refractivity contribution in [2.24, 2.45) is 5.92 Å². The van der Waals surface area contributed by atoms with Gasteiger partial charge in [-0.15, -0.1) is 0 Å². The molecule has 3 heterocycles. The van der Waals surface area contributed by atoms with Crippen molar-refractivity contribution in [1.29, 1.82) is 0 Å². The van der Waals surface area contributed by atoms with Crippen molar-refractivity contribution in [2.45, 2.75) is 6.04 Å². The van der Waals surface area contributed by atoms with Crippen molar-refractivity contribution in [2.75, 3.05) is 13.1 Å². The van der Waals surface area contributed by atoms with E-state index in [2.05, 4.69) is 43.3 Å². The first-order valence-corrected chi connectivity index (χ1v) is 8.85. The molecule has 0 spiro atoms. The number of carbonyl (C=O) groups is 1. The quantitative estimate of drug-likeness (QED) is 0.642. The highest BCUT2D eigenvalue weighted by Gasteiger charge is 2.28. The molecule has 0 aliphatic carbocycles. The Labute approximate surface area is 157 Å². The Morgan fingerprint density at radius 1 is 1.07 bits per heavy atom. The van der Waals surface area contributed by atoms with E-state index in [0.29, 0.717) is 17.9 Å². The van der Waals surface area contributed by atoms with E-state index in [1.807, 2.05) is 30.3 Å². The minimum absolute atomic E-state index is 0.163. The Morgan fingerprint density at radius 3 is 2.63 bits per heavy atom. The van der Waals surface area contributed by atoms with Gasteiger partial charge in [0.2, 0.25) is 0 Å². The van der Waals surface area contributed by atoms with Crippen LogP contribution in [-0.4, -0.2) is 33.9 Å². The average molecular weight is 360 g/mol. The van der Waals surface area contributed by atoms with Crippen LogP contribution in [0.3, 0.4) is 0 Å². The maximum absolute atomic E-state index is 12.4. The van der Waals surface area contributed by atoms with Gasteiger partial charge in [0.05, 0.1) is 11.6 Å². The molecule has 27 heavy (non-hydrogen) atoms. The Balaban J connectivity index is 1.38. The van der Waals surface area contributed by atoms with Crippen LogP contribution in [0.1, 0.15) is 22.0 Å². The number of benzene rings is 1. The van der Waals surface area contributed by atoms with Crippen molar-refractivity contribution in [3.05, 3.63) is 78.4 Å². The van der Waals surface area contributed by atoms with Crippen molar-refractivity contribution in [3.63, 3.8) is 0 Å². The predicted octanol–water partition coefficient (Wildman–Crippen LogP) is 1.73. The van der Waals surface area contributed by atoms with Gasteiger partial charge in [-0.1, -0.05) is 30.3 Å². The van der Waals surface area contributed by atoms with E-state index < -0.39 is 0 Å². The van der Waals surface area contributed by atoms with Crippen molar-refractivity contribution < 1.29 is 4.79 Å². The maximum Gasteiger partial charge on any atom is 0.254 e. The fourth-order valence-corrected chi connectivity index (χ4v) is 3.16. The summed E-state index contributed by atoms with van der Waals surface area (Å²) >= 11 is 0. The molecule has 7 heteroatoms. The van der Waals surface area contributed by atoms with Crippen molar-refractivity contribution in [1.82, 2.24) is 31.1 Å². The molecule has 0 radical (unpaired) electrons. The summed E-state index contributed by atoms with van der Waals surface area (Å²) in [6, 6.07) is 14.1. The van der Waals surface area contributed by atoms with E-state index in [1.165, 1.54) is 5.56 Å². The highest BCUT2D eigenvalue weighted by Crippen LogP contribution is 2.24. The zero-order chi connectivity index (χ0) is 18.5. The number of aromatic nitrogens is 3. The summed E-state index contributed by atoms with van der Waals surface area (Å²) in [5.41, 5.74) is 8.92. The summed E-state index contributed by atoms with van der Waals surface area (Å²) in [7, 11) is 0. The van der Waals surface area contributed by atoms with E-state index in [4.69, 9.17) is 0 Å². The number of hydrogen-bond acceptors (Lipinski definition) is 6. The lowest BCUT2D eigenvalue weighted by molar-refractivity contribution is 0.0946. The third kappa shape index (κ3) is 3.99. The number of pyridine rings is 1. The molecule has 3 N–H and O–H groups in total. The molecule has 136 valence electrons. The minimum atomic E-state index is -0.175. The smallest absolute Gasteiger partial charge is 0.254 e. The van der Waals surface area contributed by atoms with Gasteiger partial charge in [-0.25, -0.2) is 15.4 Å². The molecule has 1 aromatic carbocycles. The van der Waals surface area contributed by atoms with Crippen LogP contribution in [0.4, 0.5) is 0 Å². The molecule has 0 saturated carbocycles. The lowest BCUT2D eigenvalue weighted by Gasteiger charge is -2.19. The van der Waals surface area contributed by atoms with Gasteiger partial charge in [0.15, 0.2) is 5.82 Å². The second kappa shape index (κ2) is 8.03. The van der Waals surface area contributed by atoms with Crippen LogP contribution in [0.25, 0.3) is 11.4 Å². The molecule has 0 bridgehead atoms. The Kier molecular flexibility index (Phi) is 5.13. The number of carbonyl (C=O) groups excluding carboxylic acids is 1. The lowest BCUT2D eigenvalue weighted by Crippen LogP contribution is -2.32. The highest BCUT2D eigenvalue weighted by atomic mass is 16.1. The number of rotatable bonds is 5. The SMILES string of the molecule is O=C(NCC1CNNC1c1ccccc1)c1cnc(-c2cccnc2)nc1. The van der Waals surface area contributed by atoms with Gasteiger partial charge in [-0.05, 0) is 17.7 Å². The van der Waals surface area contributed by atoms with Gasteiger partial charge in [-0.3, -0.25) is 15.2 Å². The second-order valence-corrected chi connectivity index (χ2v) is 6.42. The molecular formula is C20H20N6O. The molecule has 3 aromatic rings. The van der Waals surface area contributed by atoms with Gasteiger partial charge in [0.1, 0.15) is 0 Å². The summed E-state index contributed by atoms with van der Waals surface area (Å²) < 4.78 is 0. The lowest BCUT2D eigenvalue weighted by atomic mass is 9.95. The fraction of sp³-hybridized carbons (Fsp3) is 0.200. The standard InChI is InChI=1S/C20H20N6O/c27-20(17-11-22-19(23-12-17)15-7-4-8-21-9-15)24-10-16-13-25-26-18(16)14-5-2-1-3-6-14/h1-9,11-12,16,18,25-26H,10,13H2,(H,24,27). The van der Waals surface area contributed by atoms with Crippen LogP contribution in [0.2, 0.25) is 0 Å². The molecule has 2 unspecified atom stereocenters. The first-order chi connectivity index (χ1) is 13.3. The fourth-order valence-electron chi connectivity index (χ4n) is 3.16. The van der Waals surface area contributed by atoms with Gasteiger partial charge in [0, 0.05) is 49.4 Å². The molecule has 2 atom stereocenters. The van der Waals surface area contributed by atoms with E-state index in [0.717, 1.165) is 12.1 Å². The van der Waals surface area contributed by atoms with E-state index in [9.17, 15) is 4.79 Å². The van der Waals surface area contributed by atoms with Gasteiger partial charge >= 0.3 is 0 Å². The number of nitrogens with zero attached hydrogens (tertiary/aromatic N) is 3. The van der Waals surface area contributed by atoms with Crippen LogP contribution < -0.4 is 16.2 Å². The monoisotopic (exact) mass is 360 g/mol. The molecule has 7 nitrogen and oxygen atoms in total. The third-order valence-electron chi connectivity index (χ3n) is 4.61. The normalized spacial score (nSPS) is 19.0. The Hall–Kier alpha value is -3.16. The maximum atomic E-state index is 12.4. The van der Waals surface area contributed by atoms with Crippen LogP contribution >= 0.6 is 0 Å². The van der Waals surface area contributed by atoms with Crippen LogP contribution in [-0.2, 0) is 0 Å². The molecule has 1 saturated heterocycles. The molecule has 2 aromatic heterocycles. The summed E-state index contributed by atoms with van der Waals surface area (Å²) in [4.78, 5) is 25.1. The molecule has 1 aliphatic heterocycles. The van der Waals surface area contributed by atoms with Crippen molar-refractivity contribution >= 4 is 5.91 Å². The minimum Gasteiger partial charge on any atom is -0.352 e. The van der Waals surface area contributed by atoms with Crippen molar-refractivity contribution in [3.8, 4) is 11.4 Å². The number of hydrazine groups is 1. The third-order valence-corrected chi connectivity index (χ3v) is 4.61. The Bertz CT molecular complexity index is 885. The van der Waals surface area contributed by atoms with Gasteiger partial charge in [-0.2, -0.15) is 0 Å². The molecular weight excluding hydrogens is 340 g/mol. The van der Waals surface area contributed by atoms with E-state index >= 15 is 0 Å². The first-order valence-electron chi connectivity index (χ1n) is 8.85. The number of amides is 1. The van der Waals surface area contributed by atoms with E-state index in [-0.39, 0.29) is 17.9 Å². The topological polar surface area (TPSA) is 91.8 Å². The second-order valence-electron chi connectivity index (χ2n) is 6.42. The van der Waals surface area contributed by atoms with Crippen LogP contribution in [0, 0.1) is 5.92 Å². The largest absolute Gasteiger partial charge is 0.352 e. The zero-order valence-electron chi connectivity index (χ0n) is 14.7. The molecule has 1 amide bonds. The molecule has 1 fully saturated rings. The summed E-state index contributed by atoms with van der Waals surface area (Å²) in [6.45, 7) is 1.35. The number of hydrogen-bond donors (Lipinski definition) is 3. The molecule has 1 aliphatic rings. The number of nitrogens with one attached hydrogen (secondary N) is 3. The average Bonchev–Trinajstić information content (AvgIpc) is 3.22. The summed E-state index contributed by atoms with van der Waals surface area (Å²) in [6.07, 6.45) is 6.48.